The molecule has 1 saturated heterocycles. The Morgan fingerprint density at radius 2 is 1.81 bits per heavy atom. The molecule has 1 unspecified atom stereocenters. The summed E-state index contributed by atoms with van der Waals surface area (Å²) in [4.78, 5) is 62.7. The van der Waals surface area contributed by atoms with E-state index in [-0.39, 0.29) is 35.3 Å². The van der Waals surface area contributed by atoms with Crippen LogP contribution in [0, 0.1) is 12.3 Å². The second-order valence-electron chi connectivity index (χ2n) is 13.6. The summed E-state index contributed by atoms with van der Waals surface area (Å²) in [5.74, 6) is 0.427. The van der Waals surface area contributed by atoms with Crippen molar-refractivity contribution in [1.29, 1.82) is 0 Å². The topological polar surface area (TPSA) is 139 Å². The summed E-state index contributed by atoms with van der Waals surface area (Å²) in [6.45, 7) is 7.39. The predicted octanol–water partition coefficient (Wildman–Crippen LogP) is 5.59. The Balaban J connectivity index is 1.30. The van der Waals surface area contributed by atoms with Crippen LogP contribution in [-0.2, 0) is 22.7 Å². The van der Waals surface area contributed by atoms with Gasteiger partial charge in [0.1, 0.15) is 34.5 Å². The number of amides is 2. The van der Waals surface area contributed by atoms with Gasteiger partial charge < -0.3 is 15.1 Å². The average molecular weight is 717 g/mol. The predicted molar refractivity (Wildman–Crippen MR) is 186 cm³/mol. The Morgan fingerprint density at radius 1 is 1.06 bits per heavy atom. The summed E-state index contributed by atoms with van der Waals surface area (Å²) in [5.41, 5.74) is 2.83. The summed E-state index contributed by atoms with van der Waals surface area (Å²) in [6.07, 6.45) is 12.1. The minimum atomic E-state index is -0.679. The monoisotopic (exact) mass is 715 g/mol. The molecule has 13 heteroatoms. The van der Waals surface area contributed by atoms with Crippen LogP contribution in [0.2, 0.25) is 0 Å². The number of hydrogen-bond acceptors (Lipinski definition) is 9. The number of Topliss-reactive ketones (excluding diaryl/α,β-unsaturated/α-hetero) is 1. The zero-order chi connectivity index (χ0) is 34.0. The van der Waals surface area contributed by atoms with Crippen molar-refractivity contribution in [3.8, 4) is 11.3 Å². The molecule has 0 aliphatic carbocycles. The van der Waals surface area contributed by atoms with Gasteiger partial charge in [-0.2, -0.15) is 5.10 Å². The number of carbonyl (C=O) groups excluding carboxylic acids is 3. The summed E-state index contributed by atoms with van der Waals surface area (Å²) in [5, 5.41) is 8.25. The lowest BCUT2D eigenvalue weighted by Crippen LogP contribution is -2.45. The molecule has 6 heterocycles. The first kappa shape index (κ1) is 33.8. The molecule has 6 rings (SSSR count). The highest BCUT2D eigenvalue weighted by Gasteiger charge is 2.46. The number of likely N-dealkylation sites (tertiary alicyclic amines) is 1. The molecule has 1 N–H and O–H groups in total. The van der Waals surface area contributed by atoms with E-state index in [9.17, 15) is 14.4 Å². The van der Waals surface area contributed by atoms with Crippen LogP contribution in [0.25, 0.3) is 22.2 Å². The molecule has 0 saturated carbocycles. The Morgan fingerprint density at radius 3 is 2.58 bits per heavy atom. The van der Waals surface area contributed by atoms with Gasteiger partial charge in [0.05, 0.1) is 17.4 Å². The van der Waals surface area contributed by atoms with Gasteiger partial charge in [0.25, 0.3) is 0 Å². The largest absolute Gasteiger partial charge is 0.328 e. The molecule has 252 valence electrons. The van der Waals surface area contributed by atoms with E-state index < -0.39 is 6.04 Å². The molecule has 48 heavy (non-hydrogen) atoms. The molecule has 2 aliphatic rings. The third-order valence-electron chi connectivity index (χ3n) is 9.52. The Labute approximate surface area is 288 Å². The van der Waals surface area contributed by atoms with Crippen LogP contribution in [0.15, 0.2) is 41.4 Å². The fraction of sp³-hybridized carbons (Fsp3) is 0.486. The molecular weight excluding hydrogens is 674 g/mol. The van der Waals surface area contributed by atoms with Crippen molar-refractivity contribution in [1.82, 2.24) is 39.5 Å². The van der Waals surface area contributed by atoms with Crippen molar-refractivity contribution >= 4 is 50.2 Å². The van der Waals surface area contributed by atoms with Crippen LogP contribution in [-0.4, -0.2) is 83.3 Å². The maximum absolute atomic E-state index is 14.2. The van der Waals surface area contributed by atoms with Gasteiger partial charge in [0, 0.05) is 48.9 Å². The van der Waals surface area contributed by atoms with E-state index in [0.29, 0.717) is 57.9 Å². The Hall–Kier alpha value is -4.10. The second kappa shape index (κ2) is 14.2. The van der Waals surface area contributed by atoms with Gasteiger partial charge in [-0.1, -0.05) is 38.7 Å². The highest BCUT2D eigenvalue weighted by atomic mass is 79.9. The maximum atomic E-state index is 14.2. The summed E-state index contributed by atoms with van der Waals surface area (Å²) < 4.78 is 2.15. The van der Waals surface area contributed by atoms with Crippen LogP contribution < -0.4 is 5.32 Å². The van der Waals surface area contributed by atoms with E-state index >= 15 is 0 Å². The smallest absolute Gasteiger partial charge is 0.248 e. The molecule has 1 fully saturated rings. The number of fused-ring (bicyclic) bond motifs is 4. The van der Waals surface area contributed by atoms with Gasteiger partial charge in [-0.25, -0.2) is 15.0 Å². The van der Waals surface area contributed by atoms with Crippen molar-refractivity contribution in [2.45, 2.75) is 84.8 Å². The molecule has 4 aromatic heterocycles. The van der Waals surface area contributed by atoms with Gasteiger partial charge in [0.15, 0.2) is 5.78 Å². The number of aromatic nitrogens is 6. The van der Waals surface area contributed by atoms with Crippen molar-refractivity contribution < 1.29 is 14.4 Å². The number of halogens is 1. The van der Waals surface area contributed by atoms with E-state index in [4.69, 9.17) is 0 Å². The zero-order valence-electron chi connectivity index (χ0n) is 28.0. The first-order valence-corrected chi connectivity index (χ1v) is 17.4. The normalized spacial score (nSPS) is 21.2. The second-order valence-corrected chi connectivity index (χ2v) is 14.4. The van der Waals surface area contributed by atoms with Crippen molar-refractivity contribution in [2.75, 3.05) is 25.5 Å². The minimum absolute atomic E-state index is 0.135. The van der Waals surface area contributed by atoms with E-state index in [1.54, 1.807) is 36.5 Å². The summed E-state index contributed by atoms with van der Waals surface area (Å²) >= 11 is 3.46. The highest BCUT2D eigenvalue weighted by molar-refractivity contribution is 9.10. The number of pyridine rings is 2. The number of nitrogens with zero attached hydrogens (tertiary/aromatic N) is 8. The molecule has 2 aliphatic heterocycles. The van der Waals surface area contributed by atoms with Crippen LogP contribution >= 0.6 is 15.9 Å². The van der Waals surface area contributed by atoms with Crippen molar-refractivity contribution in [2.24, 2.45) is 5.41 Å². The van der Waals surface area contributed by atoms with Crippen LogP contribution in [0.4, 0.5) is 5.82 Å². The quantitative estimate of drug-likeness (QED) is 0.212. The number of nitrogens with one attached hydrogen (secondary N) is 1. The highest BCUT2D eigenvalue weighted by Crippen LogP contribution is 2.40. The van der Waals surface area contributed by atoms with Crippen molar-refractivity contribution in [3.05, 3.63) is 58.5 Å². The van der Waals surface area contributed by atoms with E-state index in [1.165, 1.54) is 24.4 Å². The molecule has 2 bridgehead atoms. The molecule has 2 amide bonds. The number of rotatable bonds is 4. The molecule has 4 aromatic rings. The first-order valence-electron chi connectivity index (χ1n) is 16.6. The number of carbonyl (C=O) groups is 3. The lowest BCUT2D eigenvalue weighted by molar-refractivity contribution is -0.137. The third-order valence-corrected chi connectivity index (χ3v) is 9.96. The molecule has 0 radical (unpaired) electrons. The first-order chi connectivity index (χ1) is 23.0. The number of ketones is 1. The lowest BCUT2D eigenvalue weighted by Gasteiger charge is -2.25. The number of anilines is 1. The Kier molecular flexibility index (Phi) is 9.98. The molecule has 0 aromatic carbocycles. The fourth-order valence-corrected chi connectivity index (χ4v) is 7.24. The SMILES string of the molecule is CC(=O)c1nn(CC(=O)N2C[C@@]3(C)CCCCCCCN(C)Cc4ccc(Br)nc4NC(=O)C2C3)c2cnc(-c3cnc(C)nc3)cc12. The fourth-order valence-electron chi connectivity index (χ4n) is 6.93. The molecule has 0 spiro atoms. The van der Waals surface area contributed by atoms with Crippen LogP contribution in [0.1, 0.15) is 80.7 Å². The lowest BCUT2D eigenvalue weighted by atomic mass is 9.82. The van der Waals surface area contributed by atoms with Crippen LogP contribution in [0.3, 0.4) is 0 Å². The zero-order valence-corrected chi connectivity index (χ0v) is 29.6. The van der Waals surface area contributed by atoms with E-state index in [0.717, 1.165) is 37.8 Å². The average Bonchev–Trinajstić information content (AvgIpc) is 3.60. The summed E-state index contributed by atoms with van der Waals surface area (Å²) in [6, 6.07) is 4.97. The standard InChI is InChI=1S/C35H42BrN9O3/c1-22(46)32-26-14-27(25-16-37-23(2)38-17-25)39-18-29(26)45(42-32)20-31(47)44-21-35(3)12-8-6-5-7-9-13-43(4)19-24-10-11-30(36)40-33(24)41-34(48)28(44)15-35/h10-11,14,16-18,28H,5-9,12-13,15,19-21H2,1-4H3,(H,40,41,48)/t28?,35-/m0/s1. The van der Waals surface area contributed by atoms with Gasteiger partial charge >= 0.3 is 0 Å². The van der Waals surface area contributed by atoms with Gasteiger partial charge in [-0.15, -0.1) is 0 Å². The molecule has 2 atom stereocenters. The third kappa shape index (κ3) is 7.46. The molecular formula is C35H42BrN9O3. The van der Waals surface area contributed by atoms with Gasteiger partial charge in [-0.05, 0) is 73.3 Å². The van der Waals surface area contributed by atoms with Gasteiger partial charge in [-0.3, -0.25) is 24.0 Å². The van der Waals surface area contributed by atoms with Crippen LogP contribution in [0.5, 0.6) is 0 Å². The minimum Gasteiger partial charge on any atom is -0.328 e. The number of hydrogen-bond donors (Lipinski definition) is 1. The Bertz CT molecular complexity index is 1840. The number of aryl methyl sites for hydroxylation is 1. The van der Waals surface area contributed by atoms with Crippen molar-refractivity contribution in [3.63, 3.8) is 0 Å². The molecule has 12 nitrogen and oxygen atoms in total. The maximum Gasteiger partial charge on any atom is 0.248 e. The van der Waals surface area contributed by atoms with Gasteiger partial charge in [0.2, 0.25) is 11.8 Å². The van der Waals surface area contributed by atoms with E-state index in [1.807, 2.05) is 12.1 Å². The summed E-state index contributed by atoms with van der Waals surface area (Å²) in [7, 11) is 2.09. The van der Waals surface area contributed by atoms with E-state index in [2.05, 4.69) is 65.2 Å².